The van der Waals surface area contributed by atoms with Gasteiger partial charge < -0.3 is 9.80 Å². The zero-order valence-electron chi connectivity index (χ0n) is 12.9. The lowest BCUT2D eigenvalue weighted by Gasteiger charge is -2.25. The summed E-state index contributed by atoms with van der Waals surface area (Å²) in [4.78, 5) is 24.6. The molecular formula is C16H21N5O. The van der Waals surface area contributed by atoms with Crippen LogP contribution in [0.25, 0.3) is 0 Å². The second kappa shape index (κ2) is 6.30. The second-order valence-corrected chi connectivity index (χ2v) is 6.28. The van der Waals surface area contributed by atoms with Crippen LogP contribution in [0.5, 0.6) is 0 Å². The number of rotatable bonds is 4. The number of likely N-dealkylation sites (tertiary alicyclic amines) is 1. The summed E-state index contributed by atoms with van der Waals surface area (Å²) < 4.78 is 0. The first kappa shape index (κ1) is 14.8. The number of carbonyl (C=O) groups excluding carboxylic acids is 1. The fourth-order valence-corrected chi connectivity index (χ4v) is 3.66. The summed E-state index contributed by atoms with van der Waals surface area (Å²) >= 11 is 0. The molecule has 116 valence electrons. The van der Waals surface area contributed by atoms with Crippen LogP contribution < -0.4 is 4.90 Å². The average Bonchev–Trinajstić information content (AvgIpc) is 3.16. The fourth-order valence-electron chi connectivity index (χ4n) is 3.66. The normalized spacial score (nSPS) is 22.1. The highest BCUT2D eigenvalue weighted by molar-refractivity contribution is 5.79. The van der Waals surface area contributed by atoms with Crippen LogP contribution in [0.15, 0.2) is 12.4 Å². The highest BCUT2D eigenvalue weighted by Crippen LogP contribution is 2.30. The summed E-state index contributed by atoms with van der Waals surface area (Å²) in [6, 6.07) is 2.52. The number of nitriles is 1. The number of amides is 1. The van der Waals surface area contributed by atoms with Gasteiger partial charge in [0.25, 0.3) is 0 Å². The Morgan fingerprint density at radius 2 is 2.09 bits per heavy atom. The lowest BCUT2D eigenvalue weighted by molar-refractivity contribution is -0.129. The van der Waals surface area contributed by atoms with Crippen molar-refractivity contribution in [3.05, 3.63) is 18.1 Å². The Bertz CT molecular complexity index is 590. The molecule has 1 aromatic heterocycles. The maximum absolute atomic E-state index is 12.2. The van der Waals surface area contributed by atoms with Gasteiger partial charge in [-0.05, 0) is 12.8 Å². The molecule has 3 rings (SSSR count). The molecular weight excluding hydrogens is 278 g/mol. The van der Waals surface area contributed by atoms with Crippen LogP contribution in [-0.2, 0) is 4.79 Å². The van der Waals surface area contributed by atoms with E-state index in [-0.39, 0.29) is 5.91 Å². The summed E-state index contributed by atoms with van der Waals surface area (Å²) in [6.07, 6.45) is 8.50. The number of anilines is 1. The first-order valence-corrected chi connectivity index (χ1v) is 7.90. The summed E-state index contributed by atoms with van der Waals surface area (Å²) in [5.41, 5.74) is 0.335. The predicted octanol–water partition coefficient (Wildman–Crippen LogP) is 1.58. The van der Waals surface area contributed by atoms with Crippen LogP contribution in [-0.4, -0.2) is 47.0 Å². The lowest BCUT2D eigenvalue weighted by Crippen LogP contribution is -2.35. The van der Waals surface area contributed by atoms with Crippen molar-refractivity contribution in [1.29, 1.82) is 5.26 Å². The number of nitrogens with zero attached hydrogens (tertiary/aromatic N) is 5. The van der Waals surface area contributed by atoms with Gasteiger partial charge in [0, 0.05) is 50.9 Å². The molecule has 1 unspecified atom stereocenters. The number of aromatic nitrogens is 2. The second-order valence-electron chi connectivity index (χ2n) is 6.28. The van der Waals surface area contributed by atoms with Crippen LogP contribution >= 0.6 is 0 Å². The number of carbonyl (C=O) groups is 1. The molecule has 0 spiro atoms. The van der Waals surface area contributed by atoms with Crippen LogP contribution in [0.3, 0.4) is 0 Å². The van der Waals surface area contributed by atoms with E-state index < -0.39 is 0 Å². The Labute approximate surface area is 130 Å². The Hall–Kier alpha value is -2.16. The molecule has 2 aliphatic rings. The summed E-state index contributed by atoms with van der Waals surface area (Å²) in [6.45, 7) is 1.55. The van der Waals surface area contributed by atoms with Crippen molar-refractivity contribution in [3.63, 3.8) is 0 Å². The molecule has 1 amide bonds. The van der Waals surface area contributed by atoms with Gasteiger partial charge in [-0.15, -0.1) is 0 Å². The molecule has 1 saturated carbocycles. The van der Waals surface area contributed by atoms with E-state index in [1.165, 1.54) is 19.0 Å². The first-order chi connectivity index (χ1) is 10.7. The van der Waals surface area contributed by atoms with E-state index in [4.69, 9.17) is 5.26 Å². The Kier molecular flexibility index (Phi) is 4.23. The predicted molar refractivity (Wildman–Crippen MR) is 82.1 cm³/mol. The molecule has 6 nitrogen and oxygen atoms in total. The third kappa shape index (κ3) is 2.89. The molecule has 0 aromatic carbocycles. The van der Waals surface area contributed by atoms with E-state index in [9.17, 15) is 4.79 Å². The lowest BCUT2D eigenvalue weighted by atomic mass is 10.1. The summed E-state index contributed by atoms with van der Waals surface area (Å²) in [5, 5.41) is 9.11. The van der Waals surface area contributed by atoms with Crippen LogP contribution in [0.2, 0.25) is 0 Å². The maximum Gasteiger partial charge on any atom is 0.223 e. The molecule has 0 bridgehead atoms. The van der Waals surface area contributed by atoms with E-state index in [1.807, 2.05) is 11.9 Å². The van der Waals surface area contributed by atoms with Crippen molar-refractivity contribution in [3.8, 4) is 6.07 Å². The van der Waals surface area contributed by atoms with Crippen LogP contribution in [0, 0.1) is 17.2 Å². The molecule has 1 saturated heterocycles. The molecule has 2 heterocycles. The van der Waals surface area contributed by atoms with E-state index in [2.05, 4.69) is 20.9 Å². The molecule has 1 aromatic rings. The molecule has 2 fully saturated rings. The third-order valence-electron chi connectivity index (χ3n) is 4.68. The van der Waals surface area contributed by atoms with E-state index in [1.54, 1.807) is 6.20 Å². The first-order valence-electron chi connectivity index (χ1n) is 7.90. The Balaban J connectivity index is 1.64. The van der Waals surface area contributed by atoms with Crippen molar-refractivity contribution < 1.29 is 4.79 Å². The van der Waals surface area contributed by atoms with Gasteiger partial charge in [-0.2, -0.15) is 5.26 Å². The molecule has 1 aliphatic carbocycles. The van der Waals surface area contributed by atoms with Gasteiger partial charge in [-0.1, -0.05) is 12.8 Å². The van der Waals surface area contributed by atoms with Crippen molar-refractivity contribution in [2.45, 2.75) is 38.1 Å². The van der Waals surface area contributed by atoms with Crippen molar-refractivity contribution >= 4 is 11.7 Å². The van der Waals surface area contributed by atoms with Crippen molar-refractivity contribution in [1.82, 2.24) is 14.9 Å². The fraction of sp³-hybridized carbons (Fsp3) is 0.625. The van der Waals surface area contributed by atoms with Crippen LogP contribution in [0.1, 0.15) is 37.8 Å². The minimum absolute atomic E-state index is 0.282. The van der Waals surface area contributed by atoms with Gasteiger partial charge >= 0.3 is 0 Å². The van der Waals surface area contributed by atoms with Gasteiger partial charge in [0.05, 0.1) is 0 Å². The van der Waals surface area contributed by atoms with E-state index in [0.29, 0.717) is 29.9 Å². The standard InChI is InChI=1S/C16H21N5O/c1-20(16-14(9-17)18-6-7-19-16)10-12-8-15(22)21(11-12)13-4-2-3-5-13/h6-7,12-13H,2-5,8,10-11H2,1H3. The van der Waals surface area contributed by atoms with Gasteiger partial charge in [-0.25, -0.2) is 9.97 Å². The van der Waals surface area contributed by atoms with Gasteiger partial charge in [0.1, 0.15) is 6.07 Å². The van der Waals surface area contributed by atoms with Crippen LogP contribution in [0.4, 0.5) is 5.82 Å². The smallest absolute Gasteiger partial charge is 0.223 e. The van der Waals surface area contributed by atoms with E-state index >= 15 is 0 Å². The minimum Gasteiger partial charge on any atom is -0.357 e. The SMILES string of the molecule is CN(CC1CC(=O)N(C2CCCC2)C1)c1nccnc1C#N. The number of hydrogen-bond donors (Lipinski definition) is 0. The zero-order chi connectivity index (χ0) is 15.5. The van der Waals surface area contributed by atoms with E-state index in [0.717, 1.165) is 25.9 Å². The highest BCUT2D eigenvalue weighted by Gasteiger charge is 2.36. The minimum atomic E-state index is 0.282. The highest BCUT2D eigenvalue weighted by atomic mass is 16.2. The summed E-state index contributed by atoms with van der Waals surface area (Å²) in [7, 11) is 1.91. The van der Waals surface area contributed by atoms with Crippen molar-refractivity contribution in [2.24, 2.45) is 5.92 Å². The molecule has 6 heteroatoms. The molecule has 0 radical (unpaired) electrons. The average molecular weight is 299 g/mol. The van der Waals surface area contributed by atoms with Crippen molar-refractivity contribution in [2.75, 3.05) is 25.0 Å². The topological polar surface area (TPSA) is 73.1 Å². The largest absolute Gasteiger partial charge is 0.357 e. The Morgan fingerprint density at radius 3 is 2.82 bits per heavy atom. The van der Waals surface area contributed by atoms with Gasteiger partial charge in [0.15, 0.2) is 11.5 Å². The summed E-state index contributed by atoms with van der Waals surface area (Å²) in [5.74, 6) is 1.17. The monoisotopic (exact) mass is 299 g/mol. The molecule has 0 N–H and O–H groups in total. The third-order valence-corrected chi connectivity index (χ3v) is 4.68. The molecule has 1 aliphatic heterocycles. The van der Waals surface area contributed by atoms with Gasteiger partial charge in [-0.3, -0.25) is 4.79 Å². The molecule has 1 atom stereocenters. The molecule has 22 heavy (non-hydrogen) atoms. The quantitative estimate of drug-likeness (QED) is 0.844. The maximum atomic E-state index is 12.2. The van der Waals surface area contributed by atoms with Gasteiger partial charge in [0.2, 0.25) is 5.91 Å². The Morgan fingerprint density at radius 1 is 1.36 bits per heavy atom. The number of hydrogen-bond acceptors (Lipinski definition) is 5. The zero-order valence-corrected chi connectivity index (χ0v) is 12.9.